The number of benzene rings is 1. The van der Waals surface area contributed by atoms with Crippen molar-refractivity contribution in [1.82, 2.24) is 15.2 Å². The van der Waals surface area contributed by atoms with Crippen LogP contribution in [0.2, 0.25) is 0 Å². The highest BCUT2D eigenvalue weighted by Crippen LogP contribution is 2.43. The Kier molecular flexibility index (Phi) is 4.49. The largest absolute Gasteiger partial charge is 0.381 e. The molecule has 0 saturated carbocycles. The molecule has 4 heteroatoms. The number of pyridine rings is 1. The molecule has 0 spiro atoms. The average molecular weight is 349 g/mol. The van der Waals surface area contributed by atoms with Gasteiger partial charge in [-0.25, -0.2) is 0 Å². The second-order valence-electron chi connectivity index (χ2n) is 7.93. The molecule has 4 heterocycles. The van der Waals surface area contributed by atoms with Gasteiger partial charge in [0.15, 0.2) is 0 Å². The summed E-state index contributed by atoms with van der Waals surface area (Å²) in [7, 11) is 0. The van der Waals surface area contributed by atoms with Crippen LogP contribution in [-0.2, 0) is 4.74 Å². The first-order valence-corrected chi connectivity index (χ1v) is 9.95. The number of piperazine rings is 1. The van der Waals surface area contributed by atoms with E-state index in [9.17, 15) is 0 Å². The van der Waals surface area contributed by atoms with Crippen molar-refractivity contribution < 1.29 is 4.74 Å². The molecule has 1 aromatic heterocycles. The second kappa shape index (κ2) is 7.10. The molecule has 0 aliphatic carbocycles. The van der Waals surface area contributed by atoms with Gasteiger partial charge in [-0.15, -0.1) is 0 Å². The van der Waals surface area contributed by atoms with Gasteiger partial charge in [-0.1, -0.05) is 30.3 Å². The van der Waals surface area contributed by atoms with E-state index in [1.54, 1.807) is 0 Å². The highest BCUT2D eigenvalue weighted by molar-refractivity contribution is 5.62. The first-order valence-electron chi connectivity index (χ1n) is 9.95. The average Bonchev–Trinajstić information content (AvgIpc) is 2.73. The maximum atomic E-state index is 5.53. The summed E-state index contributed by atoms with van der Waals surface area (Å²) in [6, 6.07) is 14.6. The molecular formula is C22H27N3O. The standard InChI is InChI=1S/C22H27N3O/c1-2-19(12-23-9-1)17-3-5-18(6-4-17)22-20-13-24-14-21(22)25(20)15-16-7-10-26-11-8-16/h1-6,9,12,16,20-22,24H,7-8,10-11,13-15H2/t20-,21+,22?. The van der Waals surface area contributed by atoms with Crippen molar-refractivity contribution >= 4 is 0 Å². The number of nitrogens with one attached hydrogen (secondary N) is 1. The Bertz CT molecular complexity index is 715. The number of aromatic nitrogens is 1. The summed E-state index contributed by atoms with van der Waals surface area (Å²) < 4.78 is 5.53. The fraction of sp³-hybridized carbons (Fsp3) is 0.500. The van der Waals surface area contributed by atoms with Gasteiger partial charge in [-0.3, -0.25) is 9.88 Å². The van der Waals surface area contributed by atoms with Crippen molar-refractivity contribution in [3.8, 4) is 11.1 Å². The Labute approximate surface area is 155 Å². The molecule has 3 aliphatic rings. The van der Waals surface area contributed by atoms with Crippen LogP contribution >= 0.6 is 0 Å². The normalized spacial score (nSPS) is 29.3. The first kappa shape index (κ1) is 16.4. The van der Waals surface area contributed by atoms with E-state index in [0.717, 1.165) is 32.2 Å². The summed E-state index contributed by atoms with van der Waals surface area (Å²) in [4.78, 5) is 7.00. The number of ether oxygens (including phenoxy) is 1. The van der Waals surface area contributed by atoms with Crippen LogP contribution in [0.15, 0.2) is 48.8 Å². The lowest BCUT2D eigenvalue weighted by Gasteiger charge is -2.60. The second-order valence-corrected chi connectivity index (χ2v) is 7.93. The van der Waals surface area contributed by atoms with Crippen LogP contribution in [0.1, 0.15) is 24.3 Å². The van der Waals surface area contributed by atoms with Crippen LogP contribution in [0, 0.1) is 5.92 Å². The van der Waals surface area contributed by atoms with Gasteiger partial charge in [0.05, 0.1) is 0 Å². The predicted octanol–water partition coefficient (Wildman–Crippen LogP) is 2.91. The van der Waals surface area contributed by atoms with Crippen molar-refractivity contribution in [2.75, 3.05) is 32.8 Å². The number of hydrogen-bond donors (Lipinski definition) is 1. The summed E-state index contributed by atoms with van der Waals surface area (Å²) in [6.07, 6.45) is 6.22. The molecule has 1 aromatic carbocycles. The van der Waals surface area contributed by atoms with Crippen LogP contribution in [-0.4, -0.2) is 54.8 Å². The number of likely N-dealkylation sites (tertiary alicyclic amines) is 1. The molecule has 1 N–H and O–H groups in total. The molecule has 3 aliphatic heterocycles. The van der Waals surface area contributed by atoms with Crippen LogP contribution in [0.5, 0.6) is 0 Å². The van der Waals surface area contributed by atoms with Crippen molar-refractivity contribution in [2.24, 2.45) is 5.92 Å². The van der Waals surface area contributed by atoms with Crippen molar-refractivity contribution in [3.63, 3.8) is 0 Å². The fourth-order valence-electron chi connectivity index (χ4n) is 5.05. The zero-order valence-corrected chi connectivity index (χ0v) is 15.2. The van der Waals surface area contributed by atoms with E-state index >= 15 is 0 Å². The van der Waals surface area contributed by atoms with Crippen LogP contribution in [0.3, 0.4) is 0 Å². The lowest BCUT2D eigenvalue weighted by Crippen LogP contribution is -2.73. The fourth-order valence-corrected chi connectivity index (χ4v) is 5.05. The molecule has 4 nitrogen and oxygen atoms in total. The summed E-state index contributed by atoms with van der Waals surface area (Å²) in [5.74, 6) is 1.50. The topological polar surface area (TPSA) is 37.4 Å². The summed E-state index contributed by atoms with van der Waals surface area (Å²) >= 11 is 0. The number of fused-ring (bicyclic) bond motifs is 2. The zero-order valence-electron chi connectivity index (χ0n) is 15.2. The van der Waals surface area contributed by atoms with Gasteiger partial charge >= 0.3 is 0 Å². The molecule has 136 valence electrons. The molecule has 3 saturated heterocycles. The Morgan fingerprint density at radius 3 is 2.46 bits per heavy atom. The highest BCUT2D eigenvalue weighted by Gasteiger charge is 2.51. The Hall–Kier alpha value is -1.75. The minimum Gasteiger partial charge on any atom is -0.381 e. The molecule has 3 atom stereocenters. The molecule has 1 unspecified atom stereocenters. The molecule has 0 amide bonds. The van der Waals surface area contributed by atoms with Gasteiger partial charge in [-0.05, 0) is 41.5 Å². The Balaban J connectivity index is 1.30. The quantitative estimate of drug-likeness (QED) is 0.921. The van der Waals surface area contributed by atoms with E-state index in [0.29, 0.717) is 18.0 Å². The van der Waals surface area contributed by atoms with E-state index in [-0.39, 0.29) is 0 Å². The third-order valence-electron chi connectivity index (χ3n) is 6.49. The van der Waals surface area contributed by atoms with Crippen molar-refractivity contribution in [2.45, 2.75) is 30.8 Å². The van der Waals surface area contributed by atoms with Gasteiger partial charge in [0.25, 0.3) is 0 Å². The maximum absolute atomic E-state index is 5.53. The van der Waals surface area contributed by atoms with E-state index in [4.69, 9.17) is 4.74 Å². The zero-order chi connectivity index (χ0) is 17.3. The van der Waals surface area contributed by atoms with Gasteiger partial charge in [-0.2, -0.15) is 0 Å². The van der Waals surface area contributed by atoms with Gasteiger partial charge < -0.3 is 10.1 Å². The number of piperidine rings is 1. The molecule has 26 heavy (non-hydrogen) atoms. The number of hydrogen-bond acceptors (Lipinski definition) is 4. The monoisotopic (exact) mass is 349 g/mol. The van der Waals surface area contributed by atoms with Crippen molar-refractivity contribution in [1.29, 1.82) is 0 Å². The van der Waals surface area contributed by atoms with Gasteiger partial charge in [0.1, 0.15) is 0 Å². The highest BCUT2D eigenvalue weighted by atomic mass is 16.5. The minimum atomic E-state index is 0.654. The molecule has 2 aromatic rings. The molecule has 0 radical (unpaired) electrons. The van der Waals surface area contributed by atoms with E-state index in [1.165, 1.54) is 36.1 Å². The van der Waals surface area contributed by atoms with Gasteiger partial charge in [0, 0.05) is 63.2 Å². The number of rotatable bonds is 4. The molecular weight excluding hydrogens is 322 g/mol. The smallest absolute Gasteiger partial charge is 0.0469 e. The summed E-state index contributed by atoms with van der Waals surface area (Å²) in [5.41, 5.74) is 3.94. The van der Waals surface area contributed by atoms with E-state index in [1.807, 2.05) is 18.5 Å². The van der Waals surface area contributed by atoms with Crippen LogP contribution in [0.4, 0.5) is 0 Å². The maximum Gasteiger partial charge on any atom is 0.0469 e. The third-order valence-corrected chi connectivity index (χ3v) is 6.49. The Morgan fingerprint density at radius 2 is 1.77 bits per heavy atom. The number of nitrogens with zero attached hydrogens (tertiary/aromatic N) is 2. The summed E-state index contributed by atoms with van der Waals surface area (Å²) in [5, 5.41) is 3.61. The predicted molar refractivity (Wildman–Crippen MR) is 103 cm³/mol. The van der Waals surface area contributed by atoms with Gasteiger partial charge in [0.2, 0.25) is 0 Å². The van der Waals surface area contributed by atoms with Crippen LogP contribution in [0.25, 0.3) is 11.1 Å². The van der Waals surface area contributed by atoms with Crippen LogP contribution < -0.4 is 5.32 Å². The first-order chi connectivity index (χ1) is 12.9. The van der Waals surface area contributed by atoms with E-state index in [2.05, 4.69) is 45.5 Å². The lowest BCUT2D eigenvalue weighted by molar-refractivity contribution is -0.0628. The SMILES string of the molecule is c1cncc(-c2ccc(C3[C@H]4CNC[C@@H]3N4CC3CCOCC3)cc2)c1. The molecule has 5 rings (SSSR count). The third kappa shape index (κ3) is 2.96. The van der Waals surface area contributed by atoms with Crippen molar-refractivity contribution in [3.05, 3.63) is 54.4 Å². The lowest BCUT2D eigenvalue weighted by atomic mass is 9.71. The molecule has 3 fully saturated rings. The Morgan fingerprint density at radius 1 is 1.00 bits per heavy atom. The molecule has 2 bridgehead atoms. The van der Waals surface area contributed by atoms with E-state index < -0.39 is 0 Å². The minimum absolute atomic E-state index is 0.654. The summed E-state index contributed by atoms with van der Waals surface area (Å²) in [6.45, 7) is 5.39.